The fraction of sp³-hybridized carbons (Fsp3) is 0.438. The molecule has 1 aliphatic rings. The van der Waals surface area contributed by atoms with Crippen LogP contribution in [0.3, 0.4) is 0 Å². The average molecular weight is 614 g/mol. The van der Waals surface area contributed by atoms with Crippen LogP contribution in [0.2, 0.25) is 0 Å². The first-order chi connectivity index (χ1) is 20.6. The molecule has 1 aromatic carbocycles. The summed E-state index contributed by atoms with van der Waals surface area (Å²) in [6.07, 6.45) is -4.19. The molecule has 1 aliphatic heterocycles. The number of amides is 1. The monoisotopic (exact) mass is 613 g/mol. The molecule has 5 atom stereocenters. The standard InChI is InChI=1S/C32H38F3N5O4/c1-18-16-20(32(33,34)35)17-22(37-18)38-24-23(31(2,3)4)26(30(42)43)40(25(24)21-14-11-15-36-28(21)39(5)6)29(41)27(44-7)19-12-9-8-10-13-19/h8-17,23-27H,1-7H3,(H,37,38)(H,42,43)/t23?,24?,25?,26?,27-/m1/s1. The van der Waals surface area contributed by atoms with E-state index < -0.39 is 59.2 Å². The lowest BCUT2D eigenvalue weighted by Crippen LogP contribution is -2.48. The molecule has 44 heavy (non-hydrogen) atoms. The van der Waals surface area contributed by atoms with E-state index in [0.29, 0.717) is 16.9 Å². The van der Waals surface area contributed by atoms with Crippen molar-refractivity contribution in [2.45, 2.75) is 58.1 Å². The first-order valence-electron chi connectivity index (χ1n) is 14.1. The van der Waals surface area contributed by atoms with E-state index in [4.69, 9.17) is 4.74 Å². The molecule has 2 N–H and O–H groups in total. The van der Waals surface area contributed by atoms with Crippen molar-refractivity contribution in [2.75, 3.05) is 31.4 Å². The lowest BCUT2D eigenvalue weighted by Gasteiger charge is -2.35. The number of halogens is 3. The molecule has 3 aromatic rings. The molecule has 0 radical (unpaired) electrons. The number of carboxylic acid groups (broad SMARTS) is 1. The molecule has 0 bridgehead atoms. The predicted molar refractivity (Wildman–Crippen MR) is 160 cm³/mol. The minimum absolute atomic E-state index is 0.0818. The molecule has 0 aliphatic carbocycles. The molecule has 9 nitrogen and oxygen atoms in total. The normalized spacial score (nSPS) is 21.2. The van der Waals surface area contributed by atoms with Gasteiger partial charge >= 0.3 is 12.1 Å². The van der Waals surface area contributed by atoms with Crippen LogP contribution in [0.4, 0.5) is 24.8 Å². The molecule has 0 saturated carbocycles. The van der Waals surface area contributed by atoms with Crippen molar-refractivity contribution < 1.29 is 32.6 Å². The first kappa shape index (κ1) is 32.7. The van der Waals surface area contributed by atoms with Crippen LogP contribution in [0.1, 0.15) is 55.3 Å². The SMILES string of the molecule is CO[C@@H](C(=O)N1C(C(=O)O)C(C(C)(C)C)C(Nc2cc(C(F)(F)F)cc(C)n2)C1c1cccnc1N(C)C)c1ccccc1. The molecule has 1 fully saturated rings. The Labute approximate surface area is 255 Å². The van der Waals surface area contributed by atoms with Crippen molar-refractivity contribution >= 4 is 23.5 Å². The molecule has 1 saturated heterocycles. The van der Waals surface area contributed by atoms with Gasteiger partial charge in [0.15, 0.2) is 6.10 Å². The van der Waals surface area contributed by atoms with Gasteiger partial charge in [-0.05, 0) is 36.1 Å². The van der Waals surface area contributed by atoms with Crippen molar-refractivity contribution in [3.05, 3.63) is 83.2 Å². The van der Waals surface area contributed by atoms with Crippen LogP contribution in [0.15, 0.2) is 60.8 Å². The molecule has 4 rings (SSSR count). The van der Waals surface area contributed by atoms with Crippen molar-refractivity contribution in [2.24, 2.45) is 11.3 Å². The summed E-state index contributed by atoms with van der Waals surface area (Å²) in [7, 11) is 4.91. The third-order valence-corrected chi connectivity index (χ3v) is 7.89. The maximum Gasteiger partial charge on any atom is 0.416 e. The number of ether oxygens (including phenoxy) is 1. The average Bonchev–Trinajstić information content (AvgIpc) is 3.28. The third-order valence-electron chi connectivity index (χ3n) is 7.89. The van der Waals surface area contributed by atoms with Crippen LogP contribution >= 0.6 is 0 Å². The van der Waals surface area contributed by atoms with Crippen molar-refractivity contribution in [1.29, 1.82) is 0 Å². The summed E-state index contributed by atoms with van der Waals surface area (Å²) in [5.41, 5.74) is -0.462. The number of likely N-dealkylation sites (tertiary alicyclic amines) is 1. The highest BCUT2D eigenvalue weighted by atomic mass is 19.4. The van der Waals surface area contributed by atoms with Gasteiger partial charge < -0.3 is 25.0 Å². The molecule has 4 unspecified atom stereocenters. The Hall–Kier alpha value is -4.19. The Bertz CT molecular complexity index is 1490. The number of hydrogen-bond donors (Lipinski definition) is 2. The summed E-state index contributed by atoms with van der Waals surface area (Å²) in [6.45, 7) is 7.00. The van der Waals surface area contributed by atoms with E-state index in [2.05, 4.69) is 15.3 Å². The lowest BCUT2D eigenvalue weighted by molar-refractivity contribution is -0.157. The van der Waals surface area contributed by atoms with Gasteiger partial charge in [0.1, 0.15) is 17.7 Å². The largest absolute Gasteiger partial charge is 0.480 e. The quantitative estimate of drug-likeness (QED) is 0.332. The number of benzene rings is 1. The summed E-state index contributed by atoms with van der Waals surface area (Å²) < 4.78 is 47.1. The Morgan fingerprint density at radius 3 is 2.27 bits per heavy atom. The van der Waals surface area contributed by atoms with Gasteiger partial charge in [0.05, 0.1) is 17.6 Å². The van der Waals surface area contributed by atoms with Gasteiger partial charge in [-0.25, -0.2) is 14.8 Å². The van der Waals surface area contributed by atoms with Crippen LogP contribution in [-0.2, 0) is 20.5 Å². The second-order valence-electron chi connectivity index (χ2n) is 12.3. The van der Waals surface area contributed by atoms with Crippen molar-refractivity contribution in [1.82, 2.24) is 14.9 Å². The van der Waals surface area contributed by atoms with Gasteiger partial charge in [0.2, 0.25) is 0 Å². The molecule has 2 aromatic heterocycles. The number of aromatic nitrogens is 2. The summed E-state index contributed by atoms with van der Waals surface area (Å²) >= 11 is 0. The van der Waals surface area contributed by atoms with Crippen LogP contribution < -0.4 is 10.2 Å². The number of carbonyl (C=O) groups is 2. The number of pyridine rings is 2. The Kier molecular flexibility index (Phi) is 9.24. The zero-order valence-corrected chi connectivity index (χ0v) is 25.8. The molecule has 12 heteroatoms. The predicted octanol–water partition coefficient (Wildman–Crippen LogP) is 5.74. The number of alkyl halides is 3. The summed E-state index contributed by atoms with van der Waals surface area (Å²) in [4.78, 5) is 39.7. The number of aliphatic carboxylic acids is 1. The highest BCUT2D eigenvalue weighted by molar-refractivity contribution is 5.89. The summed E-state index contributed by atoms with van der Waals surface area (Å²) in [5, 5.41) is 13.9. The van der Waals surface area contributed by atoms with Gasteiger partial charge in [-0.15, -0.1) is 0 Å². The van der Waals surface area contributed by atoms with Gasteiger partial charge in [-0.1, -0.05) is 57.2 Å². The number of nitrogens with zero attached hydrogens (tertiary/aromatic N) is 4. The number of carbonyl (C=O) groups excluding carboxylic acids is 1. The van der Waals surface area contributed by atoms with Crippen molar-refractivity contribution in [3.8, 4) is 0 Å². The van der Waals surface area contributed by atoms with E-state index in [1.54, 1.807) is 67.7 Å². The van der Waals surface area contributed by atoms with E-state index in [9.17, 15) is 27.9 Å². The van der Waals surface area contributed by atoms with E-state index in [1.807, 2.05) is 20.8 Å². The number of anilines is 2. The number of aryl methyl sites for hydroxylation is 1. The van der Waals surface area contributed by atoms with E-state index in [1.165, 1.54) is 18.9 Å². The molecule has 3 heterocycles. The number of nitrogens with one attached hydrogen (secondary N) is 1. The van der Waals surface area contributed by atoms with Crippen LogP contribution in [0, 0.1) is 18.3 Å². The topological polar surface area (TPSA) is 108 Å². The van der Waals surface area contributed by atoms with E-state index in [0.717, 1.165) is 12.1 Å². The van der Waals surface area contributed by atoms with Gasteiger partial charge in [0.25, 0.3) is 5.91 Å². The second-order valence-corrected chi connectivity index (χ2v) is 12.3. The maximum absolute atomic E-state index is 14.6. The number of hydrogen-bond acceptors (Lipinski definition) is 7. The number of rotatable bonds is 8. The Balaban J connectivity index is 2.00. The lowest BCUT2D eigenvalue weighted by atomic mass is 9.72. The molecular weight excluding hydrogens is 575 g/mol. The molecule has 1 amide bonds. The minimum atomic E-state index is -4.63. The van der Waals surface area contributed by atoms with Crippen LogP contribution in [0.25, 0.3) is 0 Å². The number of carboxylic acids is 1. The molecule has 236 valence electrons. The van der Waals surface area contributed by atoms with E-state index in [-0.39, 0.29) is 11.5 Å². The fourth-order valence-electron chi connectivity index (χ4n) is 6.22. The van der Waals surface area contributed by atoms with Crippen molar-refractivity contribution in [3.63, 3.8) is 0 Å². The smallest absolute Gasteiger partial charge is 0.416 e. The molecular formula is C32H38F3N5O4. The highest BCUT2D eigenvalue weighted by Crippen LogP contribution is 2.51. The Morgan fingerprint density at radius 2 is 1.73 bits per heavy atom. The zero-order chi connectivity index (χ0) is 32.6. The maximum atomic E-state index is 14.6. The van der Waals surface area contributed by atoms with Gasteiger partial charge in [-0.3, -0.25) is 4.79 Å². The van der Waals surface area contributed by atoms with Crippen LogP contribution in [-0.4, -0.2) is 65.1 Å². The summed E-state index contributed by atoms with van der Waals surface area (Å²) in [6, 6.07) is 10.7. The summed E-state index contributed by atoms with van der Waals surface area (Å²) in [5.74, 6) is -2.26. The second kappa shape index (κ2) is 12.4. The first-order valence-corrected chi connectivity index (χ1v) is 14.1. The minimum Gasteiger partial charge on any atom is -0.480 e. The van der Waals surface area contributed by atoms with Gasteiger partial charge in [0, 0.05) is 44.6 Å². The van der Waals surface area contributed by atoms with E-state index >= 15 is 0 Å². The highest BCUT2D eigenvalue weighted by Gasteiger charge is 2.59. The van der Waals surface area contributed by atoms with Gasteiger partial charge in [-0.2, -0.15) is 13.2 Å². The molecule has 0 spiro atoms. The number of methoxy groups -OCH3 is 1. The third kappa shape index (κ3) is 6.50. The van der Waals surface area contributed by atoms with Crippen LogP contribution in [0.5, 0.6) is 0 Å². The fourth-order valence-corrected chi connectivity index (χ4v) is 6.22. The Morgan fingerprint density at radius 1 is 1.07 bits per heavy atom. The zero-order valence-electron chi connectivity index (χ0n) is 25.8.